The molecule has 2 aromatic heterocycles. The maximum absolute atomic E-state index is 8.71. The molecule has 80 valence electrons. The van der Waals surface area contributed by atoms with E-state index in [9.17, 15) is 0 Å². The highest BCUT2D eigenvalue weighted by atomic mass is 15.3. The second kappa shape index (κ2) is 4.03. The van der Waals surface area contributed by atoms with Gasteiger partial charge in [-0.15, -0.1) is 0 Å². The molecule has 0 fully saturated rings. The lowest BCUT2D eigenvalue weighted by Crippen LogP contribution is -2.09. The zero-order valence-corrected chi connectivity index (χ0v) is 9.12. The summed E-state index contributed by atoms with van der Waals surface area (Å²) in [4.78, 5) is 6.19. The Kier molecular flexibility index (Phi) is 2.56. The van der Waals surface area contributed by atoms with Gasteiger partial charge in [0.15, 0.2) is 5.82 Å². The second-order valence-electron chi connectivity index (χ2n) is 3.55. The molecule has 0 amide bonds. The third-order valence-corrected chi connectivity index (χ3v) is 2.19. The van der Waals surface area contributed by atoms with Crippen LogP contribution in [0.3, 0.4) is 0 Å². The Bertz CT molecular complexity index is 535. The molecule has 0 spiro atoms. The van der Waals surface area contributed by atoms with Crippen molar-refractivity contribution in [3.05, 3.63) is 36.3 Å². The first-order valence-electron chi connectivity index (χ1n) is 4.79. The van der Waals surface area contributed by atoms with Crippen molar-refractivity contribution >= 4 is 5.69 Å². The monoisotopic (exact) mass is 213 g/mol. The number of rotatable bonds is 2. The van der Waals surface area contributed by atoms with Gasteiger partial charge in [0.2, 0.25) is 0 Å². The number of aromatic nitrogens is 3. The average Bonchev–Trinajstić information content (AvgIpc) is 2.77. The summed E-state index contributed by atoms with van der Waals surface area (Å²) >= 11 is 0. The Morgan fingerprint density at radius 3 is 2.88 bits per heavy atom. The topological polar surface area (TPSA) is 57.7 Å². The molecule has 2 aromatic rings. The van der Waals surface area contributed by atoms with Crippen molar-refractivity contribution in [2.75, 3.05) is 19.0 Å². The van der Waals surface area contributed by atoms with Crippen LogP contribution in [0, 0.1) is 11.3 Å². The quantitative estimate of drug-likeness (QED) is 0.752. The van der Waals surface area contributed by atoms with Crippen LogP contribution in [-0.4, -0.2) is 28.9 Å². The van der Waals surface area contributed by atoms with Gasteiger partial charge < -0.3 is 4.90 Å². The molecular weight excluding hydrogens is 202 g/mol. The van der Waals surface area contributed by atoms with E-state index in [0.717, 1.165) is 5.69 Å². The van der Waals surface area contributed by atoms with E-state index in [1.807, 2.05) is 37.2 Å². The van der Waals surface area contributed by atoms with E-state index in [4.69, 9.17) is 5.26 Å². The van der Waals surface area contributed by atoms with Crippen LogP contribution in [0.15, 0.2) is 30.7 Å². The number of nitriles is 1. The molecule has 0 aliphatic heterocycles. The summed E-state index contributed by atoms with van der Waals surface area (Å²) in [7, 11) is 3.92. The van der Waals surface area contributed by atoms with E-state index in [2.05, 4.69) is 10.1 Å². The lowest BCUT2D eigenvalue weighted by atomic mass is 10.3. The summed E-state index contributed by atoms with van der Waals surface area (Å²) in [6, 6.07) is 5.86. The molecule has 0 saturated carbocycles. The first-order chi connectivity index (χ1) is 7.70. The van der Waals surface area contributed by atoms with Crippen molar-refractivity contribution in [1.82, 2.24) is 14.8 Å². The van der Waals surface area contributed by atoms with Gasteiger partial charge in [-0.3, -0.25) is 0 Å². The molecule has 0 bridgehead atoms. The van der Waals surface area contributed by atoms with E-state index in [1.165, 1.54) is 6.20 Å². The van der Waals surface area contributed by atoms with Crippen LogP contribution >= 0.6 is 0 Å². The Morgan fingerprint density at radius 1 is 1.44 bits per heavy atom. The van der Waals surface area contributed by atoms with E-state index in [0.29, 0.717) is 11.4 Å². The van der Waals surface area contributed by atoms with E-state index < -0.39 is 0 Å². The summed E-state index contributed by atoms with van der Waals surface area (Å²) in [6.07, 6.45) is 4.89. The van der Waals surface area contributed by atoms with Crippen LogP contribution in [0.4, 0.5) is 5.69 Å². The first kappa shape index (κ1) is 10.2. The van der Waals surface area contributed by atoms with Crippen LogP contribution in [-0.2, 0) is 0 Å². The van der Waals surface area contributed by atoms with E-state index in [1.54, 1.807) is 17.1 Å². The molecule has 0 aliphatic carbocycles. The molecule has 0 aromatic carbocycles. The number of anilines is 1. The maximum Gasteiger partial charge on any atom is 0.155 e. The molecule has 0 atom stereocenters. The Hall–Kier alpha value is -2.35. The minimum Gasteiger partial charge on any atom is -0.378 e. The van der Waals surface area contributed by atoms with Gasteiger partial charge in [-0.2, -0.15) is 10.4 Å². The van der Waals surface area contributed by atoms with Gasteiger partial charge in [-0.1, -0.05) is 0 Å². The molecule has 0 N–H and O–H groups in total. The van der Waals surface area contributed by atoms with Crippen LogP contribution < -0.4 is 4.90 Å². The lowest BCUT2D eigenvalue weighted by Gasteiger charge is -2.12. The van der Waals surface area contributed by atoms with Crippen molar-refractivity contribution in [1.29, 1.82) is 5.26 Å². The van der Waals surface area contributed by atoms with Crippen molar-refractivity contribution in [2.24, 2.45) is 0 Å². The zero-order chi connectivity index (χ0) is 11.5. The SMILES string of the molecule is CN(C)c1ccnc(-n2cc(C#N)cn2)c1. The molecule has 5 heteroatoms. The average molecular weight is 213 g/mol. The summed E-state index contributed by atoms with van der Waals surface area (Å²) in [5.41, 5.74) is 1.57. The molecule has 0 saturated heterocycles. The Labute approximate surface area is 93.6 Å². The smallest absolute Gasteiger partial charge is 0.155 e. The van der Waals surface area contributed by atoms with Gasteiger partial charge >= 0.3 is 0 Å². The van der Waals surface area contributed by atoms with Gasteiger partial charge in [-0.05, 0) is 6.07 Å². The van der Waals surface area contributed by atoms with Gasteiger partial charge in [0.05, 0.1) is 18.0 Å². The molecule has 2 rings (SSSR count). The number of hydrogen-bond donors (Lipinski definition) is 0. The molecule has 0 radical (unpaired) electrons. The summed E-state index contributed by atoms with van der Waals surface area (Å²) in [5.74, 6) is 0.702. The zero-order valence-electron chi connectivity index (χ0n) is 9.12. The summed E-state index contributed by atoms with van der Waals surface area (Å²) in [5, 5.41) is 12.8. The highest BCUT2D eigenvalue weighted by molar-refractivity contribution is 5.48. The van der Waals surface area contributed by atoms with Crippen molar-refractivity contribution < 1.29 is 0 Å². The second-order valence-corrected chi connectivity index (χ2v) is 3.55. The van der Waals surface area contributed by atoms with E-state index in [-0.39, 0.29) is 0 Å². The van der Waals surface area contributed by atoms with Gasteiger partial charge in [-0.25, -0.2) is 9.67 Å². The normalized spacial score (nSPS) is 9.81. The van der Waals surface area contributed by atoms with Crippen LogP contribution in [0.25, 0.3) is 5.82 Å². The van der Waals surface area contributed by atoms with Crippen LogP contribution in [0.2, 0.25) is 0 Å². The number of hydrogen-bond acceptors (Lipinski definition) is 4. The fourth-order valence-electron chi connectivity index (χ4n) is 1.32. The first-order valence-corrected chi connectivity index (χ1v) is 4.79. The fraction of sp³-hybridized carbons (Fsp3) is 0.182. The molecule has 0 aliphatic rings. The van der Waals surface area contributed by atoms with Crippen LogP contribution in [0.5, 0.6) is 0 Å². The highest BCUT2D eigenvalue weighted by Crippen LogP contribution is 2.13. The standard InChI is InChI=1S/C11H11N5/c1-15(2)10-3-4-13-11(5-10)16-8-9(6-12)7-14-16/h3-5,7-8H,1-2H3. The highest BCUT2D eigenvalue weighted by Gasteiger charge is 2.03. The number of pyridine rings is 1. The summed E-state index contributed by atoms with van der Waals surface area (Å²) < 4.78 is 1.59. The maximum atomic E-state index is 8.71. The Morgan fingerprint density at radius 2 is 2.25 bits per heavy atom. The molecule has 16 heavy (non-hydrogen) atoms. The predicted octanol–water partition coefficient (Wildman–Crippen LogP) is 1.20. The third kappa shape index (κ3) is 1.86. The largest absolute Gasteiger partial charge is 0.378 e. The summed E-state index contributed by atoms with van der Waals surface area (Å²) in [6.45, 7) is 0. The van der Waals surface area contributed by atoms with Crippen molar-refractivity contribution in [3.8, 4) is 11.9 Å². The van der Waals surface area contributed by atoms with Crippen molar-refractivity contribution in [3.63, 3.8) is 0 Å². The number of nitrogens with zero attached hydrogens (tertiary/aromatic N) is 5. The van der Waals surface area contributed by atoms with E-state index >= 15 is 0 Å². The Balaban J connectivity index is 2.41. The minimum absolute atomic E-state index is 0.525. The van der Waals surface area contributed by atoms with Gasteiger partial charge in [0.25, 0.3) is 0 Å². The molecule has 0 unspecified atom stereocenters. The molecule has 5 nitrogen and oxygen atoms in total. The third-order valence-electron chi connectivity index (χ3n) is 2.19. The van der Waals surface area contributed by atoms with Gasteiger partial charge in [0, 0.05) is 32.0 Å². The van der Waals surface area contributed by atoms with Crippen molar-refractivity contribution in [2.45, 2.75) is 0 Å². The lowest BCUT2D eigenvalue weighted by molar-refractivity contribution is 0.845. The molecular formula is C11H11N5. The van der Waals surface area contributed by atoms with Crippen LogP contribution in [0.1, 0.15) is 5.56 Å². The predicted molar refractivity (Wildman–Crippen MR) is 60.4 cm³/mol. The molecule has 2 heterocycles. The van der Waals surface area contributed by atoms with Gasteiger partial charge in [0.1, 0.15) is 6.07 Å². The fourth-order valence-corrected chi connectivity index (χ4v) is 1.32. The minimum atomic E-state index is 0.525.